The van der Waals surface area contributed by atoms with Gasteiger partial charge >= 0.3 is 5.97 Å². The lowest BCUT2D eigenvalue weighted by molar-refractivity contribution is 0.0518. The zero-order valence-corrected chi connectivity index (χ0v) is 21.9. The molecule has 0 aliphatic rings. The van der Waals surface area contributed by atoms with E-state index in [0.717, 1.165) is 34.6 Å². The van der Waals surface area contributed by atoms with Crippen molar-refractivity contribution in [3.05, 3.63) is 77.2 Å². The third-order valence-electron chi connectivity index (χ3n) is 6.66. The van der Waals surface area contributed by atoms with Gasteiger partial charge in [0.25, 0.3) is 0 Å². The zero-order valence-electron chi connectivity index (χ0n) is 21.9. The smallest absolute Gasteiger partial charge is 0.358 e. The van der Waals surface area contributed by atoms with Gasteiger partial charge in [-0.05, 0) is 56.5 Å². The molecule has 4 rings (SSSR count). The van der Waals surface area contributed by atoms with Gasteiger partial charge in [-0.25, -0.2) is 9.31 Å². The minimum atomic E-state index is -0.394. The van der Waals surface area contributed by atoms with E-state index in [1.807, 2.05) is 28.3 Å². The predicted molar refractivity (Wildman–Crippen MR) is 144 cm³/mol. The summed E-state index contributed by atoms with van der Waals surface area (Å²) in [5, 5.41) is 9.36. The van der Waals surface area contributed by atoms with Crippen molar-refractivity contribution in [1.29, 1.82) is 0 Å². The Labute approximate surface area is 214 Å². The molecule has 0 spiro atoms. The molecule has 0 N–H and O–H groups in total. The third kappa shape index (κ3) is 6.42. The number of esters is 1. The van der Waals surface area contributed by atoms with Gasteiger partial charge in [-0.2, -0.15) is 10.2 Å². The van der Waals surface area contributed by atoms with Crippen LogP contribution in [-0.4, -0.2) is 32.0 Å². The maximum Gasteiger partial charge on any atom is 0.358 e. The fourth-order valence-electron chi connectivity index (χ4n) is 4.59. The van der Waals surface area contributed by atoms with Crippen molar-refractivity contribution < 1.29 is 9.53 Å². The van der Waals surface area contributed by atoms with Crippen LogP contribution >= 0.6 is 0 Å². The summed E-state index contributed by atoms with van der Waals surface area (Å²) >= 11 is 0. The molecule has 0 unspecified atom stereocenters. The van der Waals surface area contributed by atoms with E-state index in [-0.39, 0.29) is 0 Å². The summed E-state index contributed by atoms with van der Waals surface area (Å²) in [7, 11) is 0. The number of ether oxygens (including phenoxy) is 1. The molecule has 0 radical (unpaired) electrons. The van der Waals surface area contributed by atoms with E-state index in [1.54, 1.807) is 13.0 Å². The van der Waals surface area contributed by atoms with Crippen molar-refractivity contribution in [2.45, 2.75) is 78.7 Å². The molecular weight excluding hydrogens is 448 g/mol. The molecule has 0 fully saturated rings. The molecule has 6 nitrogen and oxygen atoms in total. The summed E-state index contributed by atoms with van der Waals surface area (Å²) in [4.78, 5) is 12.1. The molecule has 3 heterocycles. The molecule has 3 aromatic heterocycles. The van der Waals surface area contributed by atoms with Gasteiger partial charge < -0.3 is 4.74 Å². The maximum absolute atomic E-state index is 12.1. The van der Waals surface area contributed by atoms with Crippen molar-refractivity contribution >= 4 is 11.5 Å². The van der Waals surface area contributed by atoms with Crippen molar-refractivity contribution in [1.82, 2.24) is 19.4 Å². The van der Waals surface area contributed by atoms with E-state index in [9.17, 15) is 4.79 Å². The van der Waals surface area contributed by atoms with Crippen LogP contribution in [0.1, 0.15) is 86.2 Å². The molecule has 4 aromatic rings. The first kappa shape index (κ1) is 25.7. The lowest BCUT2D eigenvalue weighted by atomic mass is 10.0. The number of fused-ring (bicyclic) bond motifs is 1. The molecule has 0 saturated carbocycles. The zero-order chi connectivity index (χ0) is 25.3. The summed E-state index contributed by atoms with van der Waals surface area (Å²) in [6.07, 6.45) is 10.5. The number of aryl methyl sites for hydroxylation is 2. The summed E-state index contributed by atoms with van der Waals surface area (Å²) in [6.45, 7) is 6.85. The van der Waals surface area contributed by atoms with Crippen molar-refractivity contribution in [3.63, 3.8) is 0 Å². The maximum atomic E-state index is 12.1. The monoisotopic (exact) mass is 486 g/mol. The van der Waals surface area contributed by atoms with Crippen LogP contribution in [0.2, 0.25) is 0 Å². The second-order valence-electron chi connectivity index (χ2n) is 9.50. The molecule has 36 heavy (non-hydrogen) atoms. The molecule has 1 aromatic carbocycles. The minimum absolute atomic E-state index is 0.333. The molecule has 0 atom stereocenters. The first-order chi connectivity index (χ1) is 17.6. The summed E-state index contributed by atoms with van der Waals surface area (Å²) in [6, 6.07) is 18.9. The molecular formula is C30H38N4O2. The number of unbranched alkanes of at least 4 members (excludes halogenated alkanes) is 6. The van der Waals surface area contributed by atoms with Gasteiger partial charge in [0.15, 0.2) is 5.69 Å². The Hall–Kier alpha value is -3.41. The summed E-state index contributed by atoms with van der Waals surface area (Å²) < 4.78 is 8.88. The number of carbonyl (C=O) groups is 1. The van der Waals surface area contributed by atoms with Gasteiger partial charge in [0, 0.05) is 11.3 Å². The lowest BCUT2D eigenvalue weighted by Crippen LogP contribution is -2.10. The molecule has 0 aliphatic heterocycles. The van der Waals surface area contributed by atoms with Gasteiger partial charge in [0.1, 0.15) is 0 Å². The number of aromatic nitrogens is 4. The van der Waals surface area contributed by atoms with Crippen LogP contribution in [0.15, 0.2) is 54.6 Å². The number of carbonyl (C=O) groups excluding carboxylic acids is 1. The quantitative estimate of drug-likeness (QED) is 0.150. The topological polar surface area (TPSA) is 61.4 Å². The van der Waals surface area contributed by atoms with Gasteiger partial charge in [-0.3, -0.25) is 4.68 Å². The predicted octanol–water partition coefficient (Wildman–Crippen LogP) is 7.02. The molecule has 0 saturated heterocycles. The summed E-state index contributed by atoms with van der Waals surface area (Å²) in [5.74, 6) is -0.394. The second kappa shape index (κ2) is 12.5. The molecule has 190 valence electrons. The van der Waals surface area contributed by atoms with Crippen LogP contribution in [0.25, 0.3) is 16.8 Å². The Morgan fingerprint density at radius 1 is 0.889 bits per heavy atom. The molecule has 0 bridgehead atoms. The Kier molecular flexibility index (Phi) is 8.93. The van der Waals surface area contributed by atoms with Crippen LogP contribution in [0.3, 0.4) is 0 Å². The number of nitrogens with zero attached hydrogens (tertiary/aromatic N) is 4. The van der Waals surface area contributed by atoms with Crippen LogP contribution in [0.5, 0.6) is 0 Å². The van der Waals surface area contributed by atoms with Crippen LogP contribution in [0.4, 0.5) is 0 Å². The number of benzene rings is 1. The third-order valence-corrected chi connectivity index (χ3v) is 6.66. The average molecular weight is 487 g/mol. The largest absolute Gasteiger partial charge is 0.461 e. The van der Waals surface area contributed by atoms with Crippen molar-refractivity contribution in [3.8, 4) is 11.3 Å². The highest BCUT2D eigenvalue weighted by Gasteiger charge is 2.15. The van der Waals surface area contributed by atoms with Crippen LogP contribution in [-0.2, 0) is 17.7 Å². The van der Waals surface area contributed by atoms with Gasteiger partial charge in [0.2, 0.25) is 0 Å². The highest BCUT2D eigenvalue weighted by Crippen LogP contribution is 2.22. The van der Waals surface area contributed by atoms with Gasteiger partial charge in [-0.1, -0.05) is 75.8 Å². The summed E-state index contributed by atoms with van der Waals surface area (Å²) in [5.41, 5.74) is 6.73. The molecule has 6 heteroatoms. The Balaban J connectivity index is 1.42. The van der Waals surface area contributed by atoms with E-state index in [0.29, 0.717) is 18.8 Å². The number of hydrogen-bond donors (Lipinski definition) is 0. The number of hydrogen-bond acceptors (Lipinski definition) is 4. The van der Waals surface area contributed by atoms with Crippen molar-refractivity contribution in [2.75, 3.05) is 6.61 Å². The van der Waals surface area contributed by atoms with E-state index in [1.165, 1.54) is 50.5 Å². The first-order valence-corrected chi connectivity index (χ1v) is 13.4. The fourth-order valence-corrected chi connectivity index (χ4v) is 4.59. The van der Waals surface area contributed by atoms with Crippen LogP contribution in [0, 0.1) is 6.92 Å². The van der Waals surface area contributed by atoms with Crippen LogP contribution < -0.4 is 0 Å². The van der Waals surface area contributed by atoms with Crippen molar-refractivity contribution in [2.24, 2.45) is 0 Å². The Morgan fingerprint density at radius 3 is 2.39 bits per heavy atom. The van der Waals surface area contributed by atoms with Gasteiger partial charge in [0.05, 0.1) is 30.1 Å². The highest BCUT2D eigenvalue weighted by atomic mass is 16.5. The molecule has 0 aliphatic carbocycles. The number of rotatable bonds is 13. The Bertz CT molecular complexity index is 1270. The normalized spacial score (nSPS) is 11.3. The van der Waals surface area contributed by atoms with Gasteiger partial charge in [-0.15, -0.1) is 0 Å². The lowest BCUT2D eigenvalue weighted by Gasteiger charge is -2.07. The van der Waals surface area contributed by atoms with E-state index in [2.05, 4.69) is 48.4 Å². The average Bonchev–Trinajstić information content (AvgIpc) is 3.48. The van der Waals surface area contributed by atoms with E-state index < -0.39 is 5.97 Å². The SMILES string of the molecule is CCCCCCCCCc1ccc(-c2cc3cccc(Cn4nc(C(=O)OCC)cc4C)n3n2)cc1. The Morgan fingerprint density at radius 2 is 1.64 bits per heavy atom. The first-order valence-electron chi connectivity index (χ1n) is 13.4. The highest BCUT2D eigenvalue weighted by molar-refractivity contribution is 5.87. The fraction of sp³-hybridized carbons (Fsp3) is 0.433. The van der Waals surface area contributed by atoms with E-state index in [4.69, 9.17) is 9.84 Å². The van der Waals surface area contributed by atoms with E-state index >= 15 is 0 Å². The number of pyridine rings is 1. The standard InChI is InChI=1S/C30H38N4O2/c1-4-6-7-8-9-10-11-13-24-16-18-25(19-17-24)28-21-26-14-12-15-27(34(26)32-28)22-33-23(3)20-29(31-33)30(35)36-5-2/h12,14-21H,4-11,13,22H2,1-3H3. The minimum Gasteiger partial charge on any atom is -0.461 e. The molecule has 0 amide bonds. The second-order valence-corrected chi connectivity index (χ2v) is 9.50.